The van der Waals surface area contributed by atoms with Crippen LogP contribution in [-0.2, 0) is 4.79 Å². The third-order valence-electron chi connectivity index (χ3n) is 2.94. The Morgan fingerprint density at radius 3 is 2.76 bits per heavy atom. The quantitative estimate of drug-likeness (QED) is 0.867. The van der Waals surface area contributed by atoms with Crippen LogP contribution in [0.4, 0.5) is 10.5 Å². The van der Waals surface area contributed by atoms with Crippen LogP contribution in [0.2, 0.25) is 5.02 Å². The Kier molecular flexibility index (Phi) is 5.08. The molecular weight excluding hydrogens is 316 g/mol. The molecule has 2 rings (SSSR count). The Morgan fingerprint density at radius 2 is 2.19 bits per heavy atom. The van der Waals surface area contributed by atoms with E-state index in [0.717, 1.165) is 5.75 Å². The SMILES string of the molecule is O=C(CCN1CCSC1=O)Nc1ccc(C(=O)O)c(Cl)c1. The Labute approximate surface area is 130 Å². The molecule has 1 heterocycles. The highest BCUT2D eigenvalue weighted by molar-refractivity contribution is 8.13. The zero-order valence-electron chi connectivity index (χ0n) is 11.0. The Balaban J connectivity index is 1.89. The van der Waals surface area contributed by atoms with Crippen molar-refractivity contribution in [1.29, 1.82) is 0 Å². The Hall–Kier alpha value is -1.73. The number of carboxylic acid groups (broad SMARTS) is 1. The molecule has 0 atom stereocenters. The number of amides is 2. The van der Waals surface area contributed by atoms with Crippen molar-refractivity contribution in [2.75, 3.05) is 24.2 Å². The summed E-state index contributed by atoms with van der Waals surface area (Å²) in [7, 11) is 0. The van der Waals surface area contributed by atoms with Gasteiger partial charge in [-0.05, 0) is 18.2 Å². The summed E-state index contributed by atoms with van der Waals surface area (Å²) in [6, 6.07) is 4.20. The van der Waals surface area contributed by atoms with E-state index >= 15 is 0 Å². The fraction of sp³-hybridized carbons (Fsp3) is 0.308. The van der Waals surface area contributed by atoms with Gasteiger partial charge in [0.05, 0.1) is 10.6 Å². The number of halogens is 1. The summed E-state index contributed by atoms with van der Waals surface area (Å²) in [5, 5.41) is 11.5. The molecule has 0 unspecified atom stereocenters. The number of benzene rings is 1. The minimum absolute atomic E-state index is 0.00310. The molecule has 2 amide bonds. The van der Waals surface area contributed by atoms with Gasteiger partial charge in [0, 0.05) is 31.0 Å². The van der Waals surface area contributed by atoms with Crippen molar-refractivity contribution in [3.05, 3.63) is 28.8 Å². The highest BCUT2D eigenvalue weighted by atomic mass is 35.5. The van der Waals surface area contributed by atoms with E-state index in [1.54, 1.807) is 4.90 Å². The van der Waals surface area contributed by atoms with Crippen molar-refractivity contribution in [3.8, 4) is 0 Å². The fourth-order valence-corrected chi connectivity index (χ4v) is 2.97. The van der Waals surface area contributed by atoms with Crippen LogP contribution >= 0.6 is 23.4 Å². The molecule has 112 valence electrons. The molecule has 0 aromatic heterocycles. The van der Waals surface area contributed by atoms with Crippen molar-refractivity contribution in [2.45, 2.75) is 6.42 Å². The largest absolute Gasteiger partial charge is 0.478 e. The summed E-state index contributed by atoms with van der Waals surface area (Å²) in [4.78, 5) is 35.6. The summed E-state index contributed by atoms with van der Waals surface area (Å²) < 4.78 is 0. The predicted octanol–water partition coefficient (Wildman–Crippen LogP) is 2.54. The van der Waals surface area contributed by atoms with Crippen molar-refractivity contribution in [3.63, 3.8) is 0 Å². The molecule has 1 saturated heterocycles. The number of nitrogens with one attached hydrogen (secondary N) is 1. The van der Waals surface area contributed by atoms with Crippen molar-refractivity contribution >= 4 is 46.2 Å². The third-order valence-corrected chi connectivity index (χ3v) is 4.14. The van der Waals surface area contributed by atoms with Gasteiger partial charge < -0.3 is 15.3 Å². The first-order valence-electron chi connectivity index (χ1n) is 6.22. The monoisotopic (exact) mass is 328 g/mol. The summed E-state index contributed by atoms with van der Waals surface area (Å²) in [5.41, 5.74) is 0.409. The van der Waals surface area contributed by atoms with Gasteiger partial charge in [0.15, 0.2) is 0 Å². The van der Waals surface area contributed by atoms with Crippen LogP contribution in [0.3, 0.4) is 0 Å². The summed E-state index contributed by atoms with van der Waals surface area (Å²) in [5.74, 6) is -0.617. The van der Waals surface area contributed by atoms with Gasteiger partial charge in [0.1, 0.15) is 0 Å². The first kappa shape index (κ1) is 15.7. The number of anilines is 1. The molecule has 0 spiro atoms. The lowest BCUT2D eigenvalue weighted by molar-refractivity contribution is -0.116. The molecule has 0 saturated carbocycles. The molecule has 1 aromatic rings. The number of carbonyl (C=O) groups is 3. The number of hydrogen-bond donors (Lipinski definition) is 2. The first-order valence-corrected chi connectivity index (χ1v) is 7.58. The first-order chi connectivity index (χ1) is 9.97. The van der Waals surface area contributed by atoms with E-state index < -0.39 is 5.97 Å². The minimum atomic E-state index is -1.12. The number of rotatable bonds is 5. The van der Waals surface area contributed by atoms with E-state index in [9.17, 15) is 14.4 Å². The second-order valence-corrected chi connectivity index (χ2v) is 5.85. The summed E-state index contributed by atoms with van der Waals surface area (Å²) >= 11 is 7.07. The van der Waals surface area contributed by atoms with Crippen molar-refractivity contribution in [2.24, 2.45) is 0 Å². The number of aromatic carboxylic acids is 1. The molecule has 0 bridgehead atoms. The van der Waals surface area contributed by atoms with Crippen molar-refractivity contribution < 1.29 is 19.5 Å². The maximum absolute atomic E-state index is 11.8. The highest BCUT2D eigenvalue weighted by Crippen LogP contribution is 2.21. The van der Waals surface area contributed by atoms with Crippen LogP contribution in [0.1, 0.15) is 16.8 Å². The van der Waals surface area contributed by atoms with Gasteiger partial charge >= 0.3 is 5.97 Å². The molecule has 8 heteroatoms. The molecule has 1 aromatic carbocycles. The zero-order chi connectivity index (χ0) is 15.4. The lowest BCUT2D eigenvalue weighted by Gasteiger charge is -2.14. The smallest absolute Gasteiger partial charge is 0.337 e. The number of thioether (sulfide) groups is 1. The van der Waals surface area contributed by atoms with E-state index in [2.05, 4.69) is 5.32 Å². The summed E-state index contributed by atoms with van der Waals surface area (Å²) in [6.07, 6.45) is 0.185. The number of hydrogen-bond acceptors (Lipinski definition) is 4. The van der Waals surface area contributed by atoms with E-state index in [1.807, 2.05) is 0 Å². The second kappa shape index (κ2) is 6.82. The molecular formula is C13H13ClN2O4S. The maximum Gasteiger partial charge on any atom is 0.337 e. The van der Waals surface area contributed by atoms with Gasteiger partial charge in [-0.2, -0.15) is 0 Å². The van der Waals surface area contributed by atoms with Gasteiger partial charge in [-0.25, -0.2) is 4.79 Å². The third kappa shape index (κ3) is 4.12. The van der Waals surface area contributed by atoms with E-state index in [-0.39, 0.29) is 28.2 Å². The van der Waals surface area contributed by atoms with Crippen LogP contribution in [0.15, 0.2) is 18.2 Å². The molecule has 6 nitrogen and oxygen atoms in total. The number of carbonyl (C=O) groups excluding carboxylic acids is 2. The van der Waals surface area contributed by atoms with E-state index in [0.29, 0.717) is 18.8 Å². The standard InChI is InChI=1S/C13H13ClN2O4S/c14-10-7-8(1-2-9(10)12(18)19)15-11(17)3-4-16-5-6-21-13(16)20/h1-2,7H,3-6H2,(H,15,17)(H,18,19). The lowest BCUT2D eigenvalue weighted by atomic mass is 10.2. The van der Waals surface area contributed by atoms with Crippen LogP contribution < -0.4 is 5.32 Å². The van der Waals surface area contributed by atoms with E-state index in [4.69, 9.17) is 16.7 Å². The van der Waals surface area contributed by atoms with Gasteiger partial charge in [-0.15, -0.1) is 0 Å². The maximum atomic E-state index is 11.8. The van der Waals surface area contributed by atoms with Gasteiger partial charge in [0.25, 0.3) is 5.24 Å². The average Bonchev–Trinajstić information content (AvgIpc) is 2.81. The number of carboxylic acids is 1. The average molecular weight is 329 g/mol. The van der Waals surface area contributed by atoms with Crippen LogP contribution in [-0.4, -0.2) is 46.0 Å². The van der Waals surface area contributed by atoms with Crippen LogP contribution in [0.5, 0.6) is 0 Å². The highest BCUT2D eigenvalue weighted by Gasteiger charge is 2.21. The Bertz CT molecular complexity index is 594. The zero-order valence-corrected chi connectivity index (χ0v) is 12.5. The molecule has 0 radical (unpaired) electrons. The molecule has 1 aliphatic heterocycles. The van der Waals surface area contributed by atoms with Gasteiger partial charge in [0.2, 0.25) is 5.91 Å². The number of nitrogens with zero attached hydrogens (tertiary/aromatic N) is 1. The van der Waals surface area contributed by atoms with E-state index in [1.165, 1.54) is 30.0 Å². The molecule has 2 N–H and O–H groups in total. The summed E-state index contributed by atoms with van der Waals surface area (Å²) in [6.45, 7) is 1.04. The lowest BCUT2D eigenvalue weighted by Crippen LogP contribution is -2.27. The molecule has 1 fully saturated rings. The normalized spacial score (nSPS) is 14.3. The Morgan fingerprint density at radius 1 is 1.43 bits per heavy atom. The molecule has 21 heavy (non-hydrogen) atoms. The minimum Gasteiger partial charge on any atom is -0.478 e. The second-order valence-electron chi connectivity index (χ2n) is 4.40. The fourth-order valence-electron chi connectivity index (χ4n) is 1.86. The van der Waals surface area contributed by atoms with Crippen molar-refractivity contribution in [1.82, 2.24) is 4.90 Å². The van der Waals surface area contributed by atoms with Gasteiger partial charge in [-0.3, -0.25) is 9.59 Å². The van der Waals surface area contributed by atoms with Crippen LogP contribution in [0.25, 0.3) is 0 Å². The van der Waals surface area contributed by atoms with Gasteiger partial charge in [-0.1, -0.05) is 23.4 Å². The molecule has 0 aliphatic carbocycles. The van der Waals surface area contributed by atoms with Crippen LogP contribution in [0, 0.1) is 0 Å². The molecule has 1 aliphatic rings. The topological polar surface area (TPSA) is 86.7 Å². The predicted molar refractivity (Wildman–Crippen MR) is 81.1 cm³/mol.